The minimum Gasteiger partial charge on any atom is -0.445 e. The zero-order chi connectivity index (χ0) is 14.4. The third-order valence-corrected chi connectivity index (χ3v) is 2.84. The Morgan fingerprint density at radius 2 is 2.00 bits per heavy atom. The van der Waals surface area contributed by atoms with Crippen molar-refractivity contribution in [2.75, 3.05) is 0 Å². The first-order valence-corrected chi connectivity index (χ1v) is 6.49. The van der Waals surface area contributed by atoms with Crippen LogP contribution in [0.1, 0.15) is 24.2 Å². The predicted molar refractivity (Wildman–Crippen MR) is 75.2 cm³/mol. The van der Waals surface area contributed by atoms with Crippen LogP contribution in [-0.4, -0.2) is 16.3 Å². The number of halogens is 1. The average molecular weight is 292 g/mol. The van der Waals surface area contributed by atoms with Gasteiger partial charge in [0.25, 0.3) is 0 Å². The maximum absolute atomic E-state index is 11.7. The number of aromatic nitrogens is 2. The number of hydrogen-bond donors (Lipinski definition) is 1. The molecule has 1 atom stereocenters. The van der Waals surface area contributed by atoms with Crippen molar-refractivity contribution in [2.45, 2.75) is 19.6 Å². The van der Waals surface area contributed by atoms with Crippen molar-refractivity contribution in [3.63, 3.8) is 0 Å². The Kier molecular flexibility index (Phi) is 4.90. The number of hydrogen-bond acceptors (Lipinski definition) is 4. The molecule has 1 aromatic heterocycles. The number of amides is 1. The number of alkyl carbamates (subject to hydrolysis) is 1. The van der Waals surface area contributed by atoms with Gasteiger partial charge in [-0.2, -0.15) is 5.10 Å². The SMILES string of the molecule is CC(NC(=O)OCc1ccccc1)c1ccc(Cl)nn1. The van der Waals surface area contributed by atoms with Crippen LogP contribution in [-0.2, 0) is 11.3 Å². The molecular weight excluding hydrogens is 278 g/mol. The Morgan fingerprint density at radius 1 is 1.25 bits per heavy atom. The van der Waals surface area contributed by atoms with Gasteiger partial charge in [0, 0.05) is 0 Å². The number of ether oxygens (including phenoxy) is 1. The summed E-state index contributed by atoms with van der Waals surface area (Å²) in [5, 5.41) is 10.6. The molecule has 1 unspecified atom stereocenters. The maximum Gasteiger partial charge on any atom is 0.407 e. The third-order valence-electron chi connectivity index (χ3n) is 2.64. The molecule has 0 aliphatic heterocycles. The first kappa shape index (κ1) is 14.3. The van der Waals surface area contributed by atoms with Gasteiger partial charge in [-0.1, -0.05) is 41.9 Å². The predicted octanol–water partition coefficient (Wildman–Crippen LogP) is 3.12. The molecule has 0 saturated heterocycles. The van der Waals surface area contributed by atoms with E-state index >= 15 is 0 Å². The fraction of sp³-hybridized carbons (Fsp3) is 0.214. The van der Waals surface area contributed by atoms with Crippen LogP contribution in [0.2, 0.25) is 5.15 Å². The summed E-state index contributed by atoms with van der Waals surface area (Å²) in [6.45, 7) is 2.02. The number of rotatable bonds is 4. The zero-order valence-corrected chi connectivity index (χ0v) is 11.7. The number of nitrogens with one attached hydrogen (secondary N) is 1. The lowest BCUT2D eigenvalue weighted by Crippen LogP contribution is -2.28. The van der Waals surface area contributed by atoms with Gasteiger partial charge < -0.3 is 10.1 Å². The first-order chi connectivity index (χ1) is 9.65. The van der Waals surface area contributed by atoms with E-state index in [4.69, 9.17) is 16.3 Å². The van der Waals surface area contributed by atoms with Gasteiger partial charge in [-0.25, -0.2) is 4.79 Å². The van der Waals surface area contributed by atoms with Gasteiger partial charge in [0.1, 0.15) is 6.61 Å². The van der Waals surface area contributed by atoms with E-state index in [1.54, 1.807) is 19.1 Å². The summed E-state index contributed by atoms with van der Waals surface area (Å²) in [6.07, 6.45) is -0.502. The van der Waals surface area contributed by atoms with Crippen LogP contribution in [0, 0.1) is 0 Å². The lowest BCUT2D eigenvalue weighted by Gasteiger charge is -2.13. The van der Waals surface area contributed by atoms with Crippen molar-refractivity contribution in [3.8, 4) is 0 Å². The highest BCUT2D eigenvalue weighted by Gasteiger charge is 2.12. The molecule has 0 aliphatic rings. The number of carbonyl (C=O) groups is 1. The van der Waals surface area contributed by atoms with E-state index in [2.05, 4.69) is 15.5 Å². The normalized spacial score (nSPS) is 11.7. The molecule has 1 N–H and O–H groups in total. The van der Waals surface area contributed by atoms with Crippen molar-refractivity contribution in [2.24, 2.45) is 0 Å². The van der Waals surface area contributed by atoms with E-state index in [0.717, 1.165) is 5.56 Å². The average Bonchev–Trinajstić information content (AvgIpc) is 2.47. The maximum atomic E-state index is 11.7. The topological polar surface area (TPSA) is 64.1 Å². The Morgan fingerprint density at radius 3 is 2.65 bits per heavy atom. The van der Waals surface area contributed by atoms with Gasteiger partial charge in [0.2, 0.25) is 0 Å². The van der Waals surface area contributed by atoms with Crippen LogP contribution in [0.5, 0.6) is 0 Å². The van der Waals surface area contributed by atoms with E-state index in [1.807, 2.05) is 30.3 Å². The summed E-state index contributed by atoms with van der Waals surface area (Å²) >= 11 is 5.65. The molecule has 2 aromatic rings. The molecule has 1 aromatic carbocycles. The molecule has 5 nitrogen and oxygen atoms in total. The second kappa shape index (κ2) is 6.86. The minimum absolute atomic E-state index is 0.228. The summed E-state index contributed by atoms with van der Waals surface area (Å²) in [4.78, 5) is 11.7. The summed E-state index contributed by atoms with van der Waals surface area (Å²) < 4.78 is 5.12. The molecule has 20 heavy (non-hydrogen) atoms. The Balaban J connectivity index is 1.83. The highest BCUT2D eigenvalue weighted by atomic mass is 35.5. The van der Waals surface area contributed by atoms with E-state index in [9.17, 15) is 4.79 Å². The Bertz CT molecular complexity index is 560. The van der Waals surface area contributed by atoms with E-state index in [1.165, 1.54) is 0 Å². The summed E-state index contributed by atoms with van der Waals surface area (Å²) in [7, 11) is 0. The molecule has 6 heteroatoms. The molecule has 1 amide bonds. The fourth-order valence-electron chi connectivity index (χ4n) is 1.57. The largest absolute Gasteiger partial charge is 0.445 e. The molecule has 0 fully saturated rings. The monoisotopic (exact) mass is 291 g/mol. The Labute approximate surface area is 121 Å². The summed E-state index contributed by atoms with van der Waals surface area (Å²) in [5.41, 5.74) is 1.55. The summed E-state index contributed by atoms with van der Waals surface area (Å²) in [6, 6.07) is 12.5. The number of benzene rings is 1. The molecule has 104 valence electrons. The molecule has 1 heterocycles. The van der Waals surface area contributed by atoms with E-state index in [-0.39, 0.29) is 12.6 Å². The van der Waals surface area contributed by atoms with E-state index < -0.39 is 6.09 Å². The van der Waals surface area contributed by atoms with E-state index in [0.29, 0.717) is 10.8 Å². The number of nitrogens with zero attached hydrogens (tertiary/aromatic N) is 2. The van der Waals surface area contributed by atoms with Gasteiger partial charge in [-0.05, 0) is 24.6 Å². The van der Waals surface area contributed by atoms with Gasteiger partial charge in [-0.3, -0.25) is 0 Å². The number of carbonyl (C=O) groups excluding carboxylic acids is 1. The Hall–Kier alpha value is -2.14. The smallest absolute Gasteiger partial charge is 0.407 e. The van der Waals surface area contributed by atoms with Gasteiger partial charge in [0.05, 0.1) is 11.7 Å². The van der Waals surface area contributed by atoms with Crippen LogP contribution in [0.15, 0.2) is 42.5 Å². The first-order valence-electron chi connectivity index (χ1n) is 6.11. The lowest BCUT2D eigenvalue weighted by atomic mass is 10.2. The zero-order valence-electron chi connectivity index (χ0n) is 10.9. The van der Waals surface area contributed by atoms with Crippen LogP contribution in [0.4, 0.5) is 4.79 Å². The molecule has 0 spiro atoms. The van der Waals surface area contributed by atoms with Crippen molar-refractivity contribution in [1.82, 2.24) is 15.5 Å². The molecular formula is C14H14ClN3O2. The molecule has 0 bridgehead atoms. The van der Waals surface area contributed by atoms with Crippen LogP contribution in [0.25, 0.3) is 0 Å². The van der Waals surface area contributed by atoms with Crippen molar-refractivity contribution in [3.05, 3.63) is 58.9 Å². The van der Waals surface area contributed by atoms with Crippen molar-refractivity contribution in [1.29, 1.82) is 0 Å². The van der Waals surface area contributed by atoms with Gasteiger partial charge in [0.15, 0.2) is 5.15 Å². The molecule has 0 radical (unpaired) electrons. The van der Waals surface area contributed by atoms with Crippen LogP contribution >= 0.6 is 11.6 Å². The quantitative estimate of drug-likeness (QED) is 0.940. The second-order valence-corrected chi connectivity index (χ2v) is 4.60. The lowest BCUT2D eigenvalue weighted by molar-refractivity contribution is 0.136. The molecule has 0 saturated carbocycles. The second-order valence-electron chi connectivity index (χ2n) is 4.21. The minimum atomic E-state index is -0.502. The fourth-order valence-corrected chi connectivity index (χ4v) is 1.67. The van der Waals surface area contributed by atoms with Crippen molar-refractivity contribution >= 4 is 17.7 Å². The molecule has 0 aliphatic carbocycles. The molecule has 2 rings (SSSR count). The standard InChI is InChI=1S/C14H14ClN3O2/c1-10(12-7-8-13(15)18-17-12)16-14(19)20-9-11-5-3-2-4-6-11/h2-8,10H,9H2,1H3,(H,16,19). The summed E-state index contributed by atoms with van der Waals surface area (Å²) in [5.74, 6) is 0. The van der Waals surface area contributed by atoms with Crippen LogP contribution in [0.3, 0.4) is 0 Å². The third kappa shape index (κ3) is 4.20. The van der Waals surface area contributed by atoms with Gasteiger partial charge >= 0.3 is 6.09 Å². The van der Waals surface area contributed by atoms with Crippen LogP contribution < -0.4 is 5.32 Å². The highest BCUT2D eigenvalue weighted by molar-refractivity contribution is 6.29. The highest BCUT2D eigenvalue weighted by Crippen LogP contribution is 2.11. The van der Waals surface area contributed by atoms with Crippen molar-refractivity contribution < 1.29 is 9.53 Å². The van der Waals surface area contributed by atoms with Gasteiger partial charge in [-0.15, -0.1) is 5.10 Å².